The van der Waals surface area contributed by atoms with Crippen LogP contribution in [0.15, 0.2) is 30.3 Å². The Hall–Kier alpha value is -2.45. The molecule has 1 heterocycles. The standard InChI is InChI=1S/C21H21F5NO4P/c1-21(2,3)29-20(28)13-10-7-11-27(13)32(30-12-8-5-4-6-9-12)31-19-17(25)15(23)14(22)16(24)18(19)26/h4-6,8-9,13H,7,10-11H2,1-3H3. The molecule has 2 atom stereocenters. The van der Waals surface area contributed by atoms with Crippen LogP contribution in [0.4, 0.5) is 22.0 Å². The number of esters is 1. The third-order valence-electron chi connectivity index (χ3n) is 4.38. The summed E-state index contributed by atoms with van der Waals surface area (Å²) in [6.07, 6.45) is 0.841. The van der Waals surface area contributed by atoms with Crippen molar-refractivity contribution in [3.05, 3.63) is 59.4 Å². The summed E-state index contributed by atoms with van der Waals surface area (Å²) in [5, 5.41) is 0. The number of nitrogens with zero attached hydrogens (tertiary/aromatic N) is 1. The van der Waals surface area contributed by atoms with E-state index in [0.717, 1.165) is 0 Å². The molecule has 174 valence electrons. The van der Waals surface area contributed by atoms with Crippen LogP contribution >= 0.6 is 8.53 Å². The molecule has 1 saturated heterocycles. The molecule has 0 bridgehead atoms. The van der Waals surface area contributed by atoms with E-state index in [0.29, 0.717) is 12.8 Å². The lowest BCUT2D eigenvalue weighted by molar-refractivity contribution is -0.158. The number of hydrogen-bond acceptors (Lipinski definition) is 5. The van der Waals surface area contributed by atoms with Crippen molar-refractivity contribution in [3.8, 4) is 11.5 Å². The molecule has 5 nitrogen and oxygen atoms in total. The lowest BCUT2D eigenvalue weighted by atomic mass is 10.2. The van der Waals surface area contributed by atoms with Gasteiger partial charge in [0.05, 0.1) is 0 Å². The number of benzene rings is 2. The van der Waals surface area contributed by atoms with Gasteiger partial charge in [-0.25, -0.2) is 17.8 Å². The van der Waals surface area contributed by atoms with Gasteiger partial charge in [0.25, 0.3) is 0 Å². The van der Waals surface area contributed by atoms with E-state index in [-0.39, 0.29) is 12.3 Å². The van der Waals surface area contributed by atoms with Crippen molar-refractivity contribution in [2.24, 2.45) is 0 Å². The predicted octanol–water partition coefficient (Wildman–Crippen LogP) is 5.87. The molecule has 1 aliphatic heterocycles. The first kappa shape index (κ1) is 24.2. The number of carbonyl (C=O) groups excluding carboxylic acids is 1. The Bertz CT molecular complexity index is 957. The van der Waals surface area contributed by atoms with Gasteiger partial charge in [-0.2, -0.15) is 8.78 Å². The van der Waals surface area contributed by atoms with Crippen LogP contribution in [0.3, 0.4) is 0 Å². The van der Waals surface area contributed by atoms with Gasteiger partial charge < -0.3 is 13.8 Å². The minimum Gasteiger partial charge on any atom is -0.459 e. The van der Waals surface area contributed by atoms with E-state index in [1.54, 1.807) is 39.0 Å². The Kier molecular flexibility index (Phi) is 7.25. The Morgan fingerprint density at radius 1 is 0.938 bits per heavy atom. The molecule has 32 heavy (non-hydrogen) atoms. The summed E-state index contributed by atoms with van der Waals surface area (Å²) in [5.41, 5.74) is -0.795. The minimum atomic E-state index is -2.50. The summed E-state index contributed by atoms with van der Waals surface area (Å²) in [4.78, 5) is 12.7. The van der Waals surface area contributed by atoms with Crippen LogP contribution in [0.25, 0.3) is 0 Å². The van der Waals surface area contributed by atoms with E-state index in [1.165, 1.54) is 16.8 Å². The number of rotatable bonds is 6. The van der Waals surface area contributed by atoms with Crippen molar-refractivity contribution in [2.45, 2.75) is 45.3 Å². The zero-order chi connectivity index (χ0) is 23.6. The van der Waals surface area contributed by atoms with Crippen LogP contribution in [0, 0.1) is 29.1 Å². The second kappa shape index (κ2) is 9.58. The molecule has 0 amide bonds. The summed E-state index contributed by atoms with van der Waals surface area (Å²) in [7, 11) is -2.50. The molecule has 3 rings (SSSR count). The molecule has 2 aromatic rings. The summed E-state index contributed by atoms with van der Waals surface area (Å²) in [6, 6.07) is 7.10. The largest absolute Gasteiger partial charge is 0.459 e. The van der Waals surface area contributed by atoms with Crippen LogP contribution in [-0.2, 0) is 9.53 Å². The summed E-state index contributed by atoms with van der Waals surface area (Å²) >= 11 is 0. The van der Waals surface area contributed by atoms with Crippen LogP contribution < -0.4 is 9.05 Å². The van der Waals surface area contributed by atoms with Crippen molar-refractivity contribution < 1.29 is 40.5 Å². The number of carbonyl (C=O) groups is 1. The Balaban J connectivity index is 1.97. The topological polar surface area (TPSA) is 48.0 Å². The zero-order valence-electron chi connectivity index (χ0n) is 17.5. The normalized spacial score (nSPS) is 17.8. The monoisotopic (exact) mass is 477 g/mol. The fourth-order valence-electron chi connectivity index (χ4n) is 2.99. The smallest absolute Gasteiger partial charge is 0.385 e. The molecule has 0 radical (unpaired) electrons. The molecular formula is C21H21F5NO4P. The van der Waals surface area contributed by atoms with E-state index in [1.807, 2.05) is 0 Å². The molecule has 2 unspecified atom stereocenters. The van der Waals surface area contributed by atoms with Crippen LogP contribution in [-0.4, -0.2) is 28.8 Å². The third-order valence-corrected chi connectivity index (χ3v) is 5.98. The maximum Gasteiger partial charge on any atom is 0.385 e. The molecule has 0 spiro atoms. The summed E-state index contributed by atoms with van der Waals surface area (Å²) < 4.78 is 87.1. The highest BCUT2D eigenvalue weighted by Crippen LogP contribution is 2.49. The van der Waals surface area contributed by atoms with Crippen molar-refractivity contribution in [3.63, 3.8) is 0 Å². The van der Waals surface area contributed by atoms with Gasteiger partial charge in [-0.05, 0) is 45.7 Å². The fraction of sp³-hybridized carbons (Fsp3) is 0.381. The lowest BCUT2D eigenvalue weighted by Crippen LogP contribution is -2.39. The number of ether oxygens (including phenoxy) is 1. The van der Waals surface area contributed by atoms with Gasteiger partial charge >= 0.3 is 14.5 Å². The van der Waals surface area contributed by atoms with Gasteiger partial charge in [0.15, 0.2) is 0 Å². The highest BCUT2D eigenvalue weighted by Gasteiger charge is 2.43. The van der Waals surface area contributed by atoms with Crippen molar-refractivity contribution >= 4 is 14.5 Å². The quantitative estimate of drug-likeness (QED) is 0.171. The minimum absolute atomic E-state index is 0.220. The molecule has 0 aliphatic carbocycles. The second-order valence-electron chi connectivity index (χ2n) is 7.99. The van der Waals surface area contributed by atoms with Crippen LogP contribution in [0.2, 0.25) is 0 Å². The van der Waals surface area contributed by atoms with Gasteiger partial charge in [-0.3, -0.25) is 4.79 Å². The Morgan fingerprint density at radius 3 is 2.06 bits per heavy atom. The number of halogens is 5. The van der Waals surface area contributed by atoms with E-state index in [9.17, 15) is 26.7 Å². The maximum absolute atomic E-state index is 14.3. The maximum atomic E-state index is 14.3. The average molecular weight is 477 g/mol. The summed E-state index contributed by atoms with van der Waals surface area (Å²) in [6.45, 7) is 5.26. The van der Waals surface area contributed by atoms with E-state index in [2.05, 4.69) is 0 Å². The number of hydrogen-bond donors (Lipinski definition) is 0. The van der Waals surface area contributed by atoms with Gasteiger partial charge in [0, 0.05) is 6.54 Å². The lowest BCUT2D eigenvalue weighted by Gasteiger charge is -2.31. The van der Waals surface area contributed by atoms with Crippen molar-refractivity contribution in [1.82, 2.24) is 4.67 Å². The van der Waals surface area contributed by atoms with Gasteiger partial charge in [0.2, 0.25) is 34.8 Å². The predicted molar refractivity (Wildman–Crippen MR) is 106 cm³/mol. The molecule has 11 heteroatoms. The molecule has 1 aliphatic rings. The van der Waals surface area contributed by atoms with Gasteiger partial charge in [-0.15, -0.1) is 0 Å². The highest BCUT2D eigenvalue weighted by molar-refractivity contribution is 7.45. The van der Waals surface area contributed by atoms with E-state index < -0.39 is 61.0 Å². The first-order chi connectivity index (χ1) is 15.0. The van der Waals surface area contributed by atoms with Crippen molar-refractivity contribution in [1.29, 1.82) is 0 Å². The molecule has 0 N–H and O–H groups in total. The first-order valence-corrected chi connectivity index (χ1v) is 10.8. The van der Waals surface area contributed by atoms with Crippen LogP contribution in [0.5, 0.6) is 11.5 Å². The highest BCUT2D eigenvalue weighted by atomic mass is 31.2. The van der Waals surface area contributed by atoms with Gasteiger partial charge in [0.1, 0.15) is 17.4 Å². The SMILES string of the molecule is CC(C)(C)OC(=O)C1CCCN1P(Oc1ccccc1)Oc1c(F)c(F)c(F)c(F)c1F. The number of para-hydroxylation sites is 1. The third kappa shape index (κ3) is 5.30. The Morgan fingerprint density at radius 2 is 1.50 bits per heavy atom. The zero-order valence-corrected chi connectivity index (χ0v) is 18.4. The van der Waals surface area contributed by atoms with E-state index >= 15 is 0 Å². The molecule has 0 aromatic heterocycles. The molecule has 0 saturated carbocycles. The molecule has 1 fully saturated rings. The second-order valence-corrected chi connectivity index (χ2v) is 9.34. The van der Waals surface area contributed by atoms with Crippen molar-refractivity contribution in [2.75, 3.05) is 6.54 Å². The van der Waals surface area contributed by atoms with Crippen LogP contribution in [0.1, 0.15) is 33.6 Å². The average Bonchev–Trinajstić information content (AvgIpc) is 3.23. The molecular weight excluding hydrogens is 456 g/mol. The van der Waals surface area contributed by atoms with E-state index in [4.69, 9.17) is 13.8 Å². The van der Waals surface area contributed by atoms with Gasteiger partial charge in [-0.1, -0.05) is 18.2 Å². The fourth-order valence-corrected chi connectivity index (χ4v) is 4.60. The summed E-state index contributed by atoms with van der Waals surface area (Å²) in [5.74, 6) is -12.7. The molecule has 2 aromatic carbocycles. The Labute approximate surface area is 183 Å². The first-order valence-electron chi connectivity index (χ1n) is 9.71.